The highest BCUT2D eigenvalue weighted by atomic mass is 35.5. The summed E-state index contributed by atoms with van der Waals surface area (Å²) in [7, 11) is 1.39. The first-order chi connectivity index (χ1) is 27.7. The molecule has 0 aromatic heterocycles. The lowest BCUT2D eigenvalue weighted by Gasteiger charge is -2.36. The largest absolute Gasteiger partial charge is 0.426 e. The number of likely N-dealkylation sites (N-methyl/N-ethyl adjacent to an activating group) is 2. The summed E-state index contributed by atoms with van der Waals surface area (Å²) in [5, 5.41) is 23.1. The standard InChI is InChI=1S/C40H60Cl2F3N7O8/c1-10-26(49-37(59)39(8,60)40(43,44)45)31(53)47-27(11-2)35(57)52(12-3)29-15-13-14-18-46-36(58)38(6,7)50-33(55)30(21-23-20-24(41)16-17-25(23)42)51(9)34(56)28(19-22(4)5)48-32(29)54/h16-17,20,22,26-30,60H,10-15,18-19,21H2,1-9H3,(H,46,58)(H,47,53)(H,48,54)(H,49,59)(H,50,55)/t26-,27-,28-,29-,30-,39+/m0/s1. The van der Waals surface area contributed by atoms with Gasteiger partial charge in [-0.15, -0.1) is 0 Å². The van der Waals surface area contributed by atoms with Crippen molar-refractivity contribution in [3.63, 3.8) is 0 Å². The molecule has 0 unspecified atom stereocenters. The summed E-state index contributed by atoms with van der Waals surface area (Å²) in [6.45, 7) is 11.6. The summed E-state index contributed by atoms with van der Waals surface area (Å²) in [6, 6.07) is -1.84. The van der Waals surface area contributed by atoms with Crippen molar-refractivity contribution in [3.8, 4) is 0 Å². The molecular formula is C40H60Cl2F3N7O8. The molecule has 0 saturated carbocycles. The first kappa shape index (κ1) is 52.0. The van der Waals surface area contributed by atoms with Gasteiger partial charge >= 0.3 is 6.18 Å². The molecule has 1 aromatic carbocycles. The van der Waals surface area contributed by atoms with Crippen LogP contribution in [0.5, 0.6) is 0 Å². The minimum atomic E-state index is -5.33. The Kier molecular flexibility index (Phi) is 19.1. The number of hydrogen-bond acceptors (Lipinski definition) is 8. The van der Waals surface area contributed by atoms with E-state index in [9.17, 15) is 51.8 Å². The lowest BCUT2D eigenvalue weighted by atomic mass is 9.97. The Bertz CT molecular complexity index is 1730. The SMILES string of the molecule is CC[C@H](NC(=O)[C@@](C)(O)C(F)(F)F)C(=O)N[C@@H](CC)C(=O)N(CC)[C@H]1CCCCNC(=O)C(C)(C)NC(=O)[C@H](Cc2cc(Cl)ccc2Cl)N(C)C(=O)[C@H](CC(C)C)NC1=O. The van der Waals surface area contributed by atoms with Gasteiger partial charge < -0.3 is 41.5 Å². The van der Waals surface area contributed by atoms with Crippen LogP contribution in [0.3, 0.4) is 0 Å². The number of nitrogens with one attached hydrogen (secondary N) is 5. The maximum absolute atomic E-state index is 14.4. The molecule has 7 amide bonds. The highest BCUT2D eigenvalue weighted by molar-refractivity contribution is 6.33. The third kappa shape index (κ3) is 13.7. The van der Waals surface area contributed by atoms with Crippen LogP contribution in [0.25, 0.3) is 0 Å². The van der Waals surface area contributed by atoms with Crippen molar-refractivity contribution in [1.82, 2.24) is 36.4 Å². The molecule has 0 bridgehead atoms. The molecule has 0 spiro atoms. The molecule has 1 aliphatic rings. The molecule has 60 heavy (non-hydrogen) atoms. The topological polar surface area (TPSA) is 206 Å². The van der Waals surface area contributed by atoms with E-state index in [1.165, 1.54) is 37.6 Å². The Morgan fingerprint density at radius 1 is 1.00 bits per heavy atom. The van der Waals surface area contributed by atoms with E-state index >= 15 is 0 Å². The zero-order chi connectivity index (χ0) is 45.9. The summed E-state index contributed by atoms with van der Waals surface area (Å²) < 4.78 is 40.0. The first-order valence-corrected chi connectivity index (χ1v) is 20.8. The van der Waals surface area contributed by atoms with Crippen LogP contribution >= 0.6 is 23.2 Å². The van der Waals surface area contributed by atoms with Crippen molar-refractivity contribution < 1.29 is 51.8 Å². The quantitative estimate of drug-likeness (QED) is 0.173. The number of rotatable bonds is 13. The normalized spacial score (nSPS) is 21.8. The molecule has 0 aliphatic carbocycles. The van der Waals surface area contributed by atoms with Gasteiger partial charge in [0.1, 0.15) is 35.7 Å². The van der Waals surface area contributed by atoms with Gasteiger partial charge in [0.25, 0.3) is 5.91 Å². The number of alkyl halides is 3. The van der Waals surface area contributed by atoms with Crippen molar-refractivity contribution >= 4 is 64.6 Å². The fourth-order valence-electron chi connectivity index (χ4n) is 6.56. The molecule has 15 nitrogen and oxygen atoms in total. The van der Waals surface area contributed by atoms with E-state index < -0.39 is 88.9 Å². The Labute approximate surface area is 359 Å². The van der Waals surface area contributed by atoms with Crippen LogP contribution in [-0.4, -0.2) is 124 Å². The van der Waals surface area contributed by atoms with Crippen LogP contribution < -0.4 is 26.6 Å². The van der Waals surface area contributed by atoms with E-state index in [4.69, 9.17) is 23.2 Å². The maximum atomic E-state index is 14.4. The molecule has 1 aromatic rings. The molecule has 338 valence electrons. The highest BCUT2D eigenvalue weighted by Crippen LogP contribution is 2.30. The van der Waals surface area contributed by atoms with Gasteiger partial charge in [0.05, 0.1) is 0 Å². The third-order valence-corrected chi connectivity index (χ3v) is 11.0. The lowest BCUT2D eigenvalue weighted by molar-refractivity contribution is -0.245. The van der Waals surface area contributed by atoms with Crippen LogP contribution in [0.1, 0.15) is 99.5 Å². The van der Waals surface area contributed by atoms with Crippen LogP contribution in [0.4, 0.5) is 13.2 Å². The van der Waals surface area contributed by atoms with E-state index in [0.717, 1.165) is 0 Å². The monoisotopic (exact) mass is 893 g/mol. The van der Waals surface area contributed by atoms with Gasteiger partial charge in [0.2, 0.25) is 41.0 Å². The molecule has 0 radical (unpaired) electrons. The molecule has 2 rings (SSSR count). The van der Waals surface area contributed by atoms with Gasteiger partial charge in [-0.1, -0.05) is 50.9 Å². The van der Waals surface area contributed by atoms with E-state index in [1.54, 1.807) is 32.0 Å². The Balaban J connectivity index is 2.56. The minimum Gasteiger partial charge on any atom is -0.373 e. The molecule has 20 heteroatoms. The third-order valence-electron chi connectivity index (χ3n) is 10.4. The van der Waals surface area contributed by atoms with E-state index in [-0.39, 0.29) is 63.1 Å². The number of carbonyl (C=O) groups excluding carboxylic acids is 7. The minimum absolute atomic E-state index is 0.0266. The Morgan fingerprint density at radius 2 is 1.62 bits per heavy atom. The van der Waals surface area contributed by atoms with Crippen molar-refractivity contribution in [1.29, 1.82) is 0 Å². The second kappa shape index (κ2) is 22.1. The number of aliphatic hydroxyl groups is 1. The molecule has 6 atom stereocenters. The Morgan fingerprint density at radius 3 is 2.17 bits per heavy atom. The van der Waals surface area contributed by atoms with Gasteiger partial charge in [0.15, 0.2) is 0 Å². The predicted molar refractivity (Wildman–Crippen MR) is 219 cm³/mol. The van der Waals surface area contributed by atoms with Gasteiger partial charge in [0, 0.05) is 36.6 Å². The summed E-state index contributed by atoms with van der Waals surface area (Å²) in [6.07, 6.45) is -4.84. The molecule has 1 fully saturated rings. The molecular weight excluding hydrogens is 834 g/mol. The fourth-order valence-corrected chi connectivity index (χ4v) is 6.95. The fraction of sp³-hybridized carbons (Fsp3) is 0.675. The summed E-state index contributed by atoms with van der Waals surface area (Å²) in [5.74, 6) is -6.26. The number of benzene rings is 1. The van der Waals surface area contributed by atoms with Crippen LogP contribution in [-0.2, 0) is 40.0 Å². The van der Waals surface area contributed by atoms with E-state index in [2.05, 4.69) is 21.3 Å². The predicted octanol–water partition coefficient (Wildman–Crippen LogP) is 3.41. The zero-order valence-corrected chi connectivity index (χ0v) is 37.2. The molecule has 1 saturated heterocycles. The van der Waals surface area contributed by atoms with Crippen LogP contribution in [0.2, 0.25) is 10.0 Å². The average Bonchev–Trinajstić information content (AvgIpc) is 3.15. The van der Waals surface area contributed by atoms with Crippen molar-refractivity contribution in [2.75, 3.05) is 20.1 Å². The average molecular weight is 895 g/mol. The summed E-state index contributed by atoms with van der Waals surface area (Å²) >= 11 is 12.7. The molecule has 1 heterocycles. The van der Waals surface area contributed by atoms with Crippen molar-refractivity contribution in [3.05, 3.63) is 33.8 Å². The van der Waals surface area contributed by atoms with E-state index in [1.807, 2.05) is 19.2 Å². The number of amides is 7. The van der Waals surface area contributed by atoms with Crippen molar-refractivity contribution in [2.45, 2.75) is 148 Å². The number of carbonyl (C=O) groups is 7. The first-order valence-electron chi connectivity index (χ1n) is 20.1. The second-order valence-electron chi connectivity index (χ2n) is 16.1. The van der Waals surface area contributed by atoms with Gasteiger partial charge in [-0.2, -0.15) is 13.2 Å². The summed E-state index contributed by atoms with van der Waals surface area (Å²) in [4.78, 5) is 98.5. The highest BCUT2D eigenvalue weighted by Gasteiger charge is 2.56. The van der Waals surface area contributed by atoms with E-state index in [0.29, 0.717) is 23.4 Å². The molecule has 6 N–H and O–H groups in total. The smallest absolute Gasteiger partial charge is 0.373 e. The molecule has 1 aliphatic heterocycles. The lowest BCUT2D eigenvalue weighted by Crippen LogP contribution is -2.62. The van der Waals surface area contributed by atoms with Crippen LogP contribution in [0.15, 0.2) is 18.2 Å². The van der Waals surface area contributed by atoms with Gasteiger partial charge in [-0.05, 0) is 95.9 Å². The van der Waals surface area contributed by atoms with Gasteiger partial charge in [-0.25, -0.2) is 0 Å². The number of hydrogen-bond donors (Lipinski definition) is 6. The number of nitrogens with zero attached hydrogens (tertiary/aromatic N) is 2. The van der Waals surface area contributed by atoms with Crippen LogP contribution in [0, 0.1) is 5.92 Å². The maximum Gasteiger partial charge on any atom is 0.426 e. The number of halogens is 5. The van der Waals surface area contributed by atoms with Crippen molar-refractivity contribution in [2.24, 2.45) is 5.92 Å². The van der Waals surface area contributed by atoms with Gasteiger partial charge in [-0.3, -0.25) is 33.6 Å². The summed E-state index contributed by atoms with van der Waals surface area (Å²) in [5.41, 5.74) is -4.78. The zero-order valence-electron chi connectivity index (χ0n) is 35.6. The second-order valence-corrected chi connectivity index (χ2v) is 16.9. The Hall–Kier alpha value is -4.16.